The SMILES string of the molecule is CCNC(=NCc1cccc(Cl)c1)NCCCCn1ccnc1C.I. The maximum atomic E-state index is 6.01. The third-order valence-corrected chi connectivity index (χ3v) is 3.93. The van der Waals surface area contributed by atoms with Gasteiger partial charge in [-0.2, -0.15) is 0 Å². The van der Waals surface area contributed by atoms with Crippen LogP contribution in [0.4, 0.5) is 0 Å². The Morgan fingerprint density at radius 3 is 2.80 bits per heavy atom. The smallest absolute Gasteiger partial charge is 0.191 e. The largest absolute Gasteiger partial charge is 0.357 e. The lowest BCUT2D eigenvalue weighted by molar-refractivity contribution is 0.588. The van der Waals surface area contributed by atoms with Crippen molar-refractivity contribution < 1.29 is 0 Å². The van der Waals surface area contributed by atoms with Crippen LogP contribution in [0.2, 0.25) is 5.02 Å². The number of rotatable bonds is 8. The van der Waals surface area contributed by atoms with E-state index in [0.29, 0.717) is 6.54 Å². The van der Waals surface area contributed by atoms with Crippen LogP contribution in [0, 0.1) is 6.92 Å². The van der Waals surface area contributed by atoms with E-state index in [4.69, 9.17) is 11.6 Å². The molecule has 0 saturated heterocycles. The molecule has 0 fully saturated rings. The number of halogens is 2. The molecule has 2 rings (SSSR count). The molecule has 1 heterocycles. The van der Waals surface area contributed by atoms with E-state index in [-0.39, 0.29) is 24.0 Å². The van der Waals surface area contributed by atoms with Gasteiger partial charge >= 0.3 is 0 Å². The molecule has 0 saturated carbocycles. The van der Waals surface area contributed by atoms with Crippen LogP contribution in [0.1, 0.15) is 31.2 Å². The van der Waals surface area contributed by atoms with E-state index in [0.717, 1.165) is 54.8 Å². The second-order valence-electron chi connectivity index (χ2n) is 5.63. The lowest BCUT2D eigenvalue weighted by Crippen LogP contribution is -2.37. The summed E-state index contributed by atoms with van der Waals surface area (Å²) < 4.78 is 2.18. The quantitative estimate of drug-likeness (QED) is 0.263. The van der Waals surface area contributed by atoms with Gasteiger partial charge in [-0.25, -0.2) is 9.98 Å². The zero-order valence-corrected chi connectivity index (χ0v) is 17.9. The Bertz CT molecular complexity index is 656. The molecule has 0 amide bonds. The van der Waals surface area contributed by atoms with Crippen molar-refractivity contribution in [1.29, 1.82) is 0 Å². The van der Waals surface area contributed by atoms with Gasteiger partial charge in [0.25, 0.3) is 0 Å². The minimum absolute atomic E-state index is 0. The molecule has 138 valence electrons. The van der Waals surface area contributed by atoms with Gasteiger partial charge in [-0.15, -0.1) is 24.0 Å². The zero-order chi connectivity index (χ0) is 17.2. The van der Waals surface area contributed by atoms with Crippen molar-refractivity contribution in [1.82, 2.24) is 20.2 Å². The fourth-order valence-electron chi connectivity index (χ4n) is 2.40. The van der Waals surface area contributed by atoms with E-state index < -0.39 is 0 Å². The molecule has 0 atom stereocenters. The molecule has 0 aliphatic heterocycles. The highest BCUT2D eigenvalue weighted by Crippen LogP contribution is 2.11. The summed E-state index contributed by atoms with van der Waals surface area (Å²) in [5.74, 6) is 1.91. The molecule has 0 aliphatic rings. The lowest BCUT2D eigenvalue weighted by Gasteiger charge is -2.11. The van der Waals surface area contributed by atoms with E-state index in [2.05, 4.69) is 32.1 Å². The van der Waals surface area contributed by atoms with Crippen molar-refractivity contribution in [2.24, 2.45) is 4.99 Å². The molecule has 1 aromatic heterocycles. The van der Waals surface area contributed by atoms with Crippen molar-refractivity contribution in [3.05, 3.63) is 53.1 Å². The summed E-state index contributed by atoms with van der Waals surface area (Å²) in [5, 5.41) is 7.40. The van der Waals surface area contributed by atoms with Crippen LogP contribution in [0.3, 0.4) is 0 Å². The van der Waals surface area contributed by atoms with Crippen LogP contribution in [0.25, 0.3) is 0 Å². The van der Waals surface area contributed by atoms with Gasteiger partial charge in [-0.1, -0.05) is 23.7 Å². The normalized spacial score (nSPS) is 11.1. The monoisotopic (exact) mass is 475 g/mol. The molecule has 0 bridgehead atoms. The van der Waals surface area contributed by atoms with Gasteiger partial charge in [0.2, 0.25) is 0 Å². The highest BCUT2D eigenvalue weighted by atomic mass is 127. The van der Waals surface area contributed by atoms with Gasteiger partial charge in [-0.3, -0.25) is 0 Å². The maximum Gasteiger partial charge on any atom is 0.191 e. The van der Waals surface area contributed by atoms with E-state index in [1.807, 2.05) is 43.6 Å². The number of hydrogen-bond donors (Lipinski definition) is 2. The van der Waals surface area contributed by atoms with Gasteiger partial charge < -0.3 is 15.2 Å². The molecule has 5 nitrogen and oxygen atoms in total. The maximum absolute atomic E-state index is 6.01. The molecule has 0 unspecified atom stereocenters. The van der Waals surface area contributed by atoms with Crippen LogP contribution in [-0.2, 0) is 13.1 Å². The first kappa shape index (κ1) is 21.8. The minimum atomic E-state index is 0. The number of hydrogen-bond acceptors (Lipinski definition) is 2. The number of imidazole rings is 1. The number of aryl methyl sites for hydroxylation is 2. The summed E-state index contributed by atoms with van der Waals surface area (Å²) in [5.41, 5.74) is 1.11. The second-order valence-corrected chi connectivity index (χ2v) is 6.06. The lowest BCUT2D eigenvalue weighted by atomic mass is 10.2. The number of benzene rings is 1. The Morgan fingerprint density at radius 1 is 1.28 bits per heavy atom. The number of unbranched alkanes of at least 4 members (excludes halogenated alkanes) is 1. The Kier molecular flexibility index (Phi) is 10.6. The molecule has 1 aromatic carbocycles. The van der Waals surface area contributed by atoms with Crippen molar-refractivity contribution in [3.63, 3.8) is 0 Å². The van der Waals surface area contributed by atoms with Gasteiger partial charge in [-0.05, 0) is 44.4 Å². The highest BCUT2D eigenvalue weighted by Gasteiger charge is 1.99. The molecular weight excluding hydrogens is 449 g/mol. The predicted octanol–water partition coefficient (Wildman–Crippen LogP) is 4.00. The van der Waals surface area contributed by atoms with Crippen LogP contribution in [0.15, 0.2) is 41.7 Å². The highest BCUT2D eigenvalue weighted by molar-refractivity contribution is 14.0. The second kappa shape index (κ2) is 12.1. The average molecular weight is 476 g/mol. The standard InChI is InChI=1S/C18H26ClN5.HI/c1-3-20-18(23-14-16-7-6-8-17(19)13-16)22-9-4-5-11-24-12-10-21-15(24)2;/h6-8,10,12-13H,3-5,9,11,14H2,1-2H3,(H2,20,22,23);1H. The molecule has 0 aliphatic carbocycles. The Balaban J connectivity index is 0.00000312. The zero-order valence-electron chi connectivity index (χ0n) is 14.8. The Labute approximate surface area is 172 Å². The number of aromatic nitrogens is 2. The van der Waals surface area contributed by atoms with Gasteiger partial charge in [0.05, 0.1) is 6.54 Å². The van der Waals surface area contributed by atoms with Crippen LogP contribution >= 0.6 is 35.6 Å². The summed E-state index contributed by atoms with van der Waals surface area (Å²) in [7, 11) is 0. The number of guanidine groups is 1. The van der Waals surface area contributed by atoms with E-state index in [9.17, 15) is 0 Å². The summed E-state index contributed by atoms with van der Waals surface area (Å²) >= 11 is 6.01. The summed E-state index contributed by atoms with van der Waals surface area (Å²) in [4.78, 5) is 8.84. The fourth-order valence-corrected chi connectivity index (χ4v) is 2.61. The van der Waals surface area contributed by atoms with Crippen molar-refractivity contribution in [3.8, 4) is 0 Å². The number of nitrogens with zero attached hydrogens (tertiary/aromatic N) is 3. The third-order valence-electron chi connectivity index (χ3n) is 3.69. The molecule has 0 radical (unpaired) electrons. The first-order valence-electron chi connectivity index (χ1n) is 8.43. The van der Waals surface area contributed by atoms with Crippen molar-refractivity contribution in [2.45, 2.75) is 39.8 Å². The topological polar surface area (TPSA) is 54.2 Å². The van der Waals surface area contributed by atoms with E-state index >= 15 is 0 Å². The minimum Gasteiger partial charge on any atom is -0.357 e. The van der Waals surface area contributed by atoms with E-state index in [1.165, 1.54) is 0 Å². The predicted molar refractivity (Wildman–Crippen MR) is 116 cm³/mol. The van der Waals surface area contributed by atoms with Crippen molar-refractivity contribution >= 4 is 41.5 Å². The van der Waals surface area contributed by atoms with E-state index in [1.54, 1.807) is 0 Å². The third kappa shape index (κ3) is 8.09. The molecule has 2 N–H and O–H groups in total. The van der Waals surface area contributed by atoms with Gasteiger partial charge in [0, 0.05) is 37.1 Å². The molecule has 2 aromatic rings. The summed E-state index contributed by atoms with van der Waals surface area (Å²) in [6.07, 6.45) is 6.07. The van der Waals surface area contributed by atoms with Crippen molar-refractivity contribution in [2.75, 3.05) is 13.1 Å². The van der Waals surface area contributed by atoms with Crippen LogP contribution in [-0.4, -0.2) is 28.6 Å². The average Bonchev–Trinajstić information content (AvgIpc) is 2.97. The molecule has 0 spiro atoms. The first-order valence-corrected chi connectivity index (χ1v) is 8.81. The molecule has 7 heteroatoms. The Morgan fingerprint density at radius 2 is 2.12 bits per heavy atom. The van der Waals surface area contributed by atoms with Crippen LogP contribution < -0.4 is 10.6 Å². The van der Waals surface area contributed by atoms with Gasteiger partial charge in [0.15, 0.2) is 5.96 Å². The van der Waals surface area contributed by atoms with Crippen LogP contribution in [0.5, 0.6) is 0 Å². The Hall–Kier alpha value is -1.28. The first-order chi connectivity index (χ1) is 11.7. The molecule has 25 heavy (non-hydrogen) atoms. The van der Waals surface area contributed by atoms with Gasteiger partial charge in [0.1, 0.15) is 5.82 Å². The number of aliphatic imine (C=N–C) groups is 1. The molecular formula is C18H27ClIN5. The fraction of sp³-hybridized carbons (Fsp3) is 0.444. The summed E-state index contributed by atoms with van der Waals surface area (Å²) in [6, 6.07) is 7.81. The number of nitrogens with one attached hydrogen (secondary N) is 2. The summed E-state index contributed by atoms with van der Waals surface area (Å²) in [6.45, 7) is 7.46.